The van der Waals surface area contributed by atoms with E-state index >= 15 is 0 Å². The molecular weight excluding hydrogens is 451 g/mol. The summed E-state index contributed by atoms with van der Waals surface area (Å²) in [4.78, 5) is 16.2. The Morgan fingerprint density at radius 1 is 1.12 bits per heavy atom. The Kier molecular flexibility index (Phi) is 7.83. The summed E-state index contributed by atoms with van der Waals surface area (Å²) in [7, 11) is 1.52. The molecule has 0 saturated heterocycles. The summed E-state index contributed by atoms with van der Waals surface area (Å²) >= 11 is 12.9. The highest BCUT2D eigenvalue weighted by atomic mass is 35.5. The summed E-state index contributed by atoms with van der Waals surface area (Å²) in [6.07, 6.45) is 2.00. The number of anilines is 1. The third-order valence-electron chi connectivity index (χ3n) is 4.81. The third-order valence-corrected chi connectivity index (χ3v) is 5.48. The Hall–Kier alpha value is -2.96. The Labute approximate surface area is 197 Å². The minimum absolute atomic E-state index is 0.191. The second-order valence-electron chi connectivity index (χ2n) is 7.52. The van der Waals surface area contributed by atoms with Gasteiger partial charge in [0.05, 0.1) is 19.0 Å². The van der Waals surface area contributed by atoms with Gasteiger partial charge in [-0.1, -0.05) is 49.2 Å². The first-order chi connectivity index (χ1) is 15.3. The SMILES string of the molecule is COc1ccc(NC(=O)COc2cc(Cl)c(Cc3ccc(O)c(C(C)C)c3)c(Cl)c2)cn1. The monoisotopic (exact) mass is 474 g/mol. The lowest BCUT2D eigenvalue weighted by Gasteiger charge is -2.14. The van der Waals surface area contributed by atoms with Gasteiger partial charge in [-0.25, -0.2) is 4.98 Å². The average molecular weight is 475 g/mol. The number of carbonyl (C=O) groups is 1. The molecular formula is C24H24Cl2N2O4. The largest absolute Gasteiger partial charge is 0.508 e. The molecule has 8 heteroatoms. The zero-order chi connectivity index (χ0) is 23.3. The van der Waals surface area contributed by atoms with E-state index in [1.807, 2.05) is 26.0 Å². The molecule has 1 heterocycles. The summed E-state index contributed by atoms with van der Waals surface area (Å²) in [5, 5.41) is 13.6. The summed E-state index contributed by atoms with van der Waals surface area (Å²) < 4.78 is 10.5. The van der Waals surface area contributed by atoms with Gasteiger partial charge in [-0.15, -0.1) is 0 Å². The van der Waals surface area contributed by atoms with Crippen LogP contribution in [0.15, 0.2) is 48.7 Å². The predicted octanol–water partition coefficient (Wildman–Crippen LogP) is 5.83. The van der Waals surface area contributed by atoms with Crippen molar-refractivity contribution in [2.75, 3.05) is 19.0 Å². The fourth-order valence-corrected chi connectivity index (χ4v) is 3.73. The van der Waals surface area contributed by atoms with Crippen molar-refractivity contribution in [3.63, 3.8) is 0 Å². The number of carbonyl (C=O) groups excluding carboxylic acids is 1. The molecule has 0 atom stereocenters. The van der Waals surface area contributed by atoms with Crippen LogP contribution in [0.2, 0.25) is 10.0 Å². The Bertz CT molecular complexity index is 1080. The number of nitrogens with zero attached hydrogens (tertiary/aromatic N) is 1. The van der Waals surface area contributed by atoms with Crippen molar-refractivity contribution in [1.29, 1.82) is 0 Å². The molecule has 0 spiro atoms. The lowest BCUT2D eigenvalue weighted by molar-refractivity contribution is -0.118. The molecule has 0 aliphatic heterocycles. The zero-order valence-electron chi connectivity index (χ0n) is 18.0. The first kappa shape index (κ1) is 23.7. The number of halogens is 2. The van der Waals surface area contributed by atoms with Crippen molar-refractivity contribution >= 4 is 34.8 Å². The molecule has 3 aromatic rings. The maximum Gasteiger partial charge on any atom is 0.262 e. The van der Waals surface area contributed by atoms with Crippen LogP contribution in [0.3, 0.4) is 0 Å². The fraction of sp³-hybridized carbons (Fsp3) is 0.250. The third kappa shape index (κ3) is 6.05. The molecule has 0 aliphatic rings. The zero-order valence-corrected chi connectivity index (χ0v) is 19.5. The summed E-state index contributed by atoms with van der Waals surface area (Å²) in [5.74, 6) is 0.959. The first-order valence-corrected chi connectivity index (χ1v) is 10.7. The number of nitrogens with one attached hydrogen (secondary N) is 1. The number of aromatic hydroxyl groups is 1. The number of rotatable bonds is 8. The van der Waals surface area contributed by atoms with Crippen molar-refractivity contribution < 1.29 is 19.4 Å². The Balaban J connectivity index is 1.65. The van der Waals surface area contributed by atoms with Gasteiger partial charge in [0.25, 0.3) is 5.91 Å². The van der Waals surface area contributed by atoms with Crippen LogP contribution in [-0.2, 0) is 11.2 Å². The molecule has 0 bridgehead atoms. The molecule has 168 valence electrons. The van der Waals surface area contributed by atoms with Gasteiger partial charge >= 0.3 is 0 Å². The van der Waals surface area contributed by atoms with E-state index in [1.54, 1.807) is 30.3 Å². The van der Waals surface area contributed by atoms with Crippen LogP contribution in [0.5, 0.6) is 17.4 Å². The molecule has 2 N–H and O–H groups in total. The van der Waals surface area contributed by atoms with Crippen LogP contribution >= 0.6 is 23.2 Å². The number of aromatic nitrogens is 1. The van der Waals surface area contributed by atoms with E-state index in [0.717, 1.165) is 16.7 Å². The number of hydrogen-bond donors (Lipinski definition) is 2. The molecule has 0 fully saturated rings. The smallest absolute Gasteiger partial charge is 0.262 e. The quantitative estimate of drug-likeness (QED) is 0.428. The Morgan fingerprint density at radius 3 is 2.44 bits per heavy atom. The van der Waals surface area contributed by atoms with Crippen molar-refractivity contribution in [1.82, 2.24) is 4.98 Å². The van der Waals surface area contributed by atoms with E-state index in [-0.39, 0.29) is 24.2 Å². The molecule has 0 aliphatic carbocycles. The maximum absolute atomic E-state index is 12.2. The van der Waals surface area contributed by atoms with Crippen LogP contribution < -0.4 is 14.8 Å². The molecule has 1 aromatic heterocycles. The van der Waals surface area contributed by atoms with Crippen molar-refractivity contribution in [2.24, 2.45) is 0 Å². The number of benzene rings is 2. The van der Waals surface area contributed by atoms with Crippen LogP contribution in [0.1, 0.15) is 36.5 Å². The van der Waals surface area contributed by atoms with Gasteiger partial charge in [-0.05, 0) is 46.9 Å². The van der Waals surface area contributed by atoms with Crippen molar-refractivity contribution in [2.45, 2.75) is 26.2 Å². The second-order valence-corrected chi connectivity index (χ2v) is 8.33. The van der Waals surface area contributed by atoms with E-state index in [0.29, 0.717) is 33.8 Å². The number of amides is 1. The number of phenolic OH excluding ortho intramolecular Hbond substituents is 1. The molecule has 32 heavy (non-hydrogen) atoms. The number of phenols is 1. The number of ether oxygens (including phenoxy) is 2. The minimum atomic E-state index is -0.349. The van der Waals surface area contributed by atoms with Gasteiger partial charge in [0, 0.05) is 22.5 Å². The lowest BCUT2D eigenvalue weighted by Crippen LogP contribution is -2.20. The van der Waals surface area contributed by atoms with E-state index in [9.17, 15) is 9.90 Å². The molecule has 0 saturated carbocycles. The lowest BCUT2D eigenvalue weighted by atomic mass is 9.96. The molecule has 2 aromatic carbocycles. The number of methoxy groups -OCH3 is 1. The van der Waals surface area contributed by atoms with Gasteiger partial charge in [0.2, 0.25) is 5.88 Å². The van der Waals surface area contributed by atoms with Gasteiger partial charge in [-0.3, -0.25) is 4.79 Å². The van der Waals surface area contributed by atoms with Crippen LogP contribution in [0.25, 0.3) is 0 Å². The van der Waals surface area contributed by atoms with Crippen molar-refractivity contribution in [3.8, 4) is 17.4 Å². The molecule has 0 unspecified atom stereocenters. The van der Waals surface area contributed by atoms with Crippen LogP contribution in [0.4, 0.5) is 5.69 Å². The van der Waals surface area contributed by atoms with Gasteiger partial charge < -0.3 is 19.9 Å². The van der Waals surface area contributed by atoms with Crippen LogP contribution in [-0.4, -0.2) is 29.7 Å². The maximum atomic E-state index is 12.2. The molecule has 0 radical (unpaired) electrons. The van der Waals surface area contributed by atoms with Crippen molar-refractivity contribution in [3.05, 3.63) is 75.4 Å². The predicted molar refractivity (Wildman–Crippen MR) is 126 cm³/mol. The van der Waals surface area contributed by atoms with E-state index in [1.165, 1.54) is 13.3 Å². The normalized spacial score (nSPS) is 10.8. The van der Waals surface area contributed by atoms with E-state index < -0.39 is 0 Å². The molecule has 3 rings (SSSR count). The van der Waals surface area contributed by atoms with Gasteiger partial charge in [-0.2, -0.15) is 0 Å². The number of pyridine rings is 1. The summed E-state index contributed by atoms with van der Waals surface area (Å²) in [6.45, 7) is 3.83. The fourth-order valence-electron chi connectivity index (χ4n) is 3.13. The standard InChI is InChI=1S/C24H24Cl2N2O4/c1-14(2)18-8-15(4-6-22(18)29)9-19-20(25)10-17(11-21(19)26)32-13-23(30)28-16-5-7-24(31-3)27-12-16/h4-8,10-12,14,29H,9,13H2,1-3H3,(H,28,30). The van der Waals surface area contributed by atoms with E-state index in [2.05, 4.69) is 10.3 Å². The Morgan fingerprint density at radius 2 is 1.84 bits per heavy atom. The average Bonchev–Trinajstić information content (AvgIpc) is 2.76. The highest BCUT2D eigenvalue weighted by Crippen LogP contribution is 2.34. The minimum Gasteiger partial charge on any atom is -0.508 e. The van der Waals surface area contributed by atoms with Gasteiger partial charge in [0.1, 0.15) is 11.5 Å². The highest BCUT2D eigenvalue weighted by molar-refractivity contribution is 6.36. The summed E-state index contributed by atoms with van der Waals surface area (Å²) in [6, 6.07) is 12.1. The van der Waals surface area contributed by atoms with E-state index in [4.69, 9.17) is 32.7 Å². The first-order valence-electron chi connectivity index (χ1n) is 9.99. The molecule has 6 nitrogen and oxygen atoms in total. The second kappa shape index (κ2) is 10.6. The number of hydrogen-bond acceptors (Lipinski definition) is 5. The van der Waals surface area contributed by atoms with Crippen LogP contribution in [0, 0.1) is 0 Å². The summed E-state index contributed by atoms with van der Waals surface area (Å²) in [5.41, 5.74) is 3.12. The highest BCUT2D eigenvalue weighted by Gasteiger charge is 2.13. The molecule has 1 amide bonds. The van der Waals surface area contributed by atoms with Gasteiger partial charge in [0.15, 0.2) is 6.61 Å². The topological polar surface area (TPSA) is 80.7 Å².